The normalized spacial score (nSPS) is 11.6. The zero-order valence-corrected chi connectivity index (χ0v) is 29.9. The van der Waals surface area contributed by atoms with Gasteiger partial charge in [0.15, 0.2) is 0 Å². The molecule has 0 aromatic carbocycles. The Balaban J connectivity index is 5.39. The van der Waals surface area contributed by atoms with Gasteiger partial charge in [-0.05, 0) is 37.5 Å². The number of unbranched alkanes of at least 4 members (excludes halogenated alkanes) is 10. The van der Waals surface area contributed by atoms with Gasteiger partial charge in [0.2, 0.25) is 0 Å². The van der Waals surface area contributed by atoms with Gasteiger partial charge < -0.3 is 18.9 Å². The van der Waals surface area contributed by atoms with Crippen LogP contribution in [-0.4, -0.2) is 50.3 Å². The zero-order chi connectivity index (χ0) is 33.8. The van der Waals surface area contributed by atoms with E-state index >= 15 is 0 Å². The Hall–Kier alpha value is -2.12. The first-order chi connectivity index (χ1) is 21.5. The molecule has 0 radical (unpaired) electrons. The van der Waals surface area contributed by atoms with Crippen molar-refractivity contribution in [1.82, 2.24) is 0 Å². The summed E-state index contributed by atoms with van der Waals surface area (Å²) in [5.41, 5.74) is -1.18. The maximum Gasteiger partial charge on any atom is 0.305 e. The Morgan fingerprint density at radius 2 is 0.689 bits per heavy atom. The molecule has 264 valence electrons. The highest BCUT2D eigenvalue weighted by Gasteiger charge is 2.38. The third kappa shape index (κ3) is 26.8. The molecule has 0 rings (SSSR count). The molecule has 0 aromatic heterocycles. The highest BCUT2D eigenvalue weighted by molar-refractivity contribution is 5.71. The van der Waals surface area contributed by atoms with Gasteiger partial charge in [-0.25, -0.2) is 0 Å². The Labute approximate surface area is 275 Å². The fourth-order valence-corrected chi connectivity index (χ4v) is 4.86. The van der Waals surface area contributed by atoms with Crippen LogP contribution in [0.25, 0.3) is 0 Å². The maximum absolute atomic E-state index is 12.7. The molecule has 0 bridgehead atoms. The summed E-state index contributed by atoms with van der Waals surface area (Å²) in [7, 11) is 0. The number of rotatable bonds is 30. The van der Waals surface area contributed by atoms with Crippen molar-refractivity contribution >= 4 is 23.9 Å². The highest BCUT2D eigenvalue weighted by atomic mass is 16.6. The van der Waals surface area contributed by atoms with Gasteiger partial charge in [0.05, 0.1) is 0 Å². The number of ether oxygens (including phenoxy) is 4. The van der Waals surface area contributed by atoms with E-state index in [2.05, 4.69) is 41.5 Å². The first-order valence-corrected chi connectivity index (χ1v) is 18.2. The monoisotopic (exact) mass is 640 g/mol. The topological polar surface area (TPSA) is 105 Å². The molecule has 0 spiro atoms. The summed E-state index contributed by atoms with van der Waals surface area (Å²) in [5.74, 6) is -0.120. The first-order valence-electron chi connectivity index (χ1n) is 18.2. The lowest BCUT2D eigenvalue weighted by molar-refractivity contribution is -0.170. The second-order valence-electron chi connectivity index (χ2n) is 13.8. The molecule has 0 aliphatic rings. The van der Waals surface area contributed by atoms with Crippen molar-refractivity contribution in [2.24, 2.45) is 17.3 Å². The Kier molecular flexibility index (Phi) is 26.8. The van der Waals surface area contributed by atoms with Crippen LogP contribution in [-0.2, 0) is 38.1 Å². The molecule has 0 fully saturated rings. The Morgan fingerprint density at radius 1 is 0.422 bits per heavy atom. The van der Waals surface area contributed by atoms with E-state index in [9.17, 15) is 19.2 Å². The van der Waals surface area contributed by atoms with E-state index in [0.29, 0.717) is 24.7 Å². The molecule has 0 saturated carbocycles. The fourth-order valence-electron chi connectivity index (χ4n) is 4.86. The van der Waals surface area contributed by atoms with Gasteiger partial charge in [0, 0.05) is 25.7 Å². The maximum atomic E-state index is 12.7. The minimum Gasteiger partial charge on any atom is -0.465 e. The summed E-state index contributed by atoms with van der Waals surface area (Å²) in [6.07, 6.45) is 16.5. The summed E-state index contributed by atoms with van der Waals surface area (Å²) in [6, 6.07) is 0. The molecule has 0 amide bonds. The van der Waals surface area contributed by atoms with Crippen LogP contribution in [0.3, 0.4) is 0 Å². The van der Waals surface area contributed by atoms with E-state index < -0.39 is 5.41 Å². The average Bonchev–Trinajstić information content (AvgIpc) is 2.99. The average molecular weight is 641 g/mol. The third-order valence-corrected chi connectivity index (χ3v) is 7.95. The van der Waals surface area contributed by atoms with Crippen LogP contribution < -0.4 is 0 Å². The first kappa shape index (κ1) is 42.9. The lowest BCUT2D eigenvalue weighted by Gasteiger charge is -2.31. The zero-order valence-electron chi connectivity index (χ0n) is 29.9. The molecule has 8 nitrogen and oxygen atoms in total. The van der Waals surface area contributed by atoms with Crippen molar-refractivity contribution in [3.8, 4) is 0 Å². The minimum absolute atomic E-state index is 0.174. The van der Waals surface area contributed by atoms with E-state index in [-0.39, 0.29) is 76.0 Å². The molecule has 0 aliphatic carbocycles. The number of esters is 4. The lowest BCUT2D eigenvalue weighted by atomic mass is 9.92. The second-order valence-corrected chi connectivity index (χ2v) is 13.8. The summed E-state index contributed by atoms with van der Waals surface area (Å²) in [4.78, 5) is 50.5. The smallest absolute Gasteiger partial charge is 0.305 e. The second kappa shape index (κ2) is 28.1. The van der Waals surface area contributed by atoms with E-state index in [4.69, 9.17) is 18.9 Å². The summed E-state index contributed by atoms with van der Waals surface area (Å²) in [5, 5.41) is 0. The lowest BCUT2D eigenvalue weighted by Crippen LogP contribution is -2.44. The molecule has 0 aromatic rings. The summed E-state index contributed by atoms with van der Waals surface area (Å²) in [6.45, 7) is 12.3. The SMILES string of the molecule is CCCCCC(=O)OCC(COC(=O)CCCCC)(COC(=O)CCCCCCC(C)C)COC(=O)CCCCCCC(C)C. The molecule has 0 heterocycles. The highest BCUT2D eigenvalue weighted by Crippen LogP contribution is 2.23. The molecular formula is C37H68O8. The van der Waals surface area contributed by atoms with Gasteiger partial charge in [-0.1, -0.05) is 119 Å². The Bertz CT molecular complexity index is 712. The predicted molar refractivity (Wildman–Crippen MR) is 180 cm³/mol. The van der Waals surface area contributed by atoms with Gasteiger partial charge >= 0.3 is 23.9 Å². The van der Waals surface area contributed by atoms with E-state index in [1.165, 1.54) is 12.8 Å². The van der Waals surface area contributed by atoms with Crippen molar-refractivity contribution in [1.29, 1.82) is 0 Å². The van der Waals surface area contributed by atoms with Crippen LogP contribution in [0.4, 0.5) is 0 Å². The van der Waals surface area contributed by atoms with Crippen LogP contribution in [0.2, 0.25) is 0 Å². The van der Waals surface area contributed by atoms with Crippen LogP contribution in [0.5, 0.6) is 0 Å². The van der Waals surface area contributed by atoms with Crippen LogP contribution in [0.15, 0.2) is 0 Å². The van der Waals surface area contributed by atoms with Crippen molar-refractivity contribution in [2.75, 3.05) is 26.4 Å². The molecule has 45 heavy (non-hydrogen) atoms. The number of carbonyl (C=O) groups is 4. The molecule has 0 unspecified atom stereocenters. The summed E-state index contributed by atoms with van der Waals surface area (Å²) < 4.78 is 22.6. The molecule has 8 heteroatoms. The minimum atomic E-state index is -1.18. The molecule has 0 atom stereocenters. The van der Waals surface area contributed by atoms with Gasteiger partial charge in [0.25, 0.3) is 0 Å². The van der Waals surface area contributed by atoms with Gasteiger partial charge in [-0.3, -0.25) is 19.2 Å². The van der Waals surface area contributed by atoms with Crippen molar-refractivity contribution < 1.29 is 38.1 Å². The number of hydrogen-bond acceptors (Lipinski definition) is 8. The third-order valence-electron chi connectivity index (χ3n) is 7.95. The summed E-state index contributed by atoms with van der Waals surface area (Å²) >= 11 is 0. The quantitative estimate of drug-likeness (QED) is 0.0434. The fraction of sp³-hybridized carbons (Fsp3) is 0.892. The number of hydrogen-bond donors (Lipinski definition) is 0. The largest absolute Gasteiger partial charge is 0.465 e. The molecular weight excluding hydrogens is 572 g/mol. The van der Waals surface area contributed by atoms with Crippen molar-refractivity contribution in [2.45, 2.75) is 170 Å². The van der Waals surface area contributed by atoms with Gasteiger partial charge in [-0.15, -0.1) is 0 Å². The molecule has 0 aliphatic heterocycles. The van der Waals surface area contributed by atoms with Crippen LogP contribution >= 0.6 is 0 Å². The van der Waals surface area contributed by atoms with Crippen LogP contribution in [0.1, 0.15) is 170 Å². The van der Waals surface area contributed by atoms with E-state index in [1.807, 2.05) is 0 Å². The predicted octanol–water partition coefficient (Wildman–Crippen LogP) is 9.30. The molecule has 0 saturated heterocycles. The van der Waals surface area contributed by atoms with E-state index in [1.54, 1.807) is 0 Å². The molecule has 0 N–H and O–H groups in total. The number of carbonyl (C=O) groups excluding carboxylic acids is 4. The van der Waals surface area contributed by atoms with E-state index in [0.717, 1.165) is 77.0 Å². The van der Waals surface area contributed by atoms with Gasteiger partial charge in [-0.2, -0.15) is 0 Å². The Morgan fingerprint density at radius 3 is 0.956 bits per heavy atom. The standard InChI is InChI=1S/C37H68O8/c1-7-9-15-23-33(38)42-27-37(28-43-34(39)24-16-10-8-2,29-44-35(40)25-19-13-11-17-21-31(3)4)30-45-36(41)26-20-14-12-18-22-32(5)6/h31-32H,7-30H2,1-6H3. The van der Waals surface area contributed by atoms with Crippen molar-refractivity contribution in [3.63, 3.8) is 0 Å². The van der Waals surface area contributed by atoms with Crippen LogP contribution in [0, 0.1) is 17.3 Å². The van der Waals surface area contributed by atoms with Crippen molar-refractivity contribution in [3.05, 3.63) is 0 Å². The van der Waals surface area contributed by atoms with Gasteiger partial charge in [0.1, 0.15) is 31.8 Å².